The normalized spacial score (nSPS) is 38.7. The van der Waals surface area contributed by atoms with Crippen molar-refractivity contribution < 1.29 is 0 Å². The van der Waals surface area contributed by atoms with E-state index in [0.29, 0.717) is 0 Å². The van der Waals surface area contributed by atoms with Gasteiger partial charge in [-0.05, 0) is 43.4 Å². The third-order valence-electron chi connectivity index (χ3n) is 3.94. The summed E-state index contributed by atoms with van der Waals surface area (Å²) in [6.45, 7) is 2.32. The van der Waals surface area contributed by atoms with E-state index in [9.17, 15) is 0 Å². The molecule has 0 spiro atoms. The lowest BCUT2D eigenvalue weighted by Crippen LogP contribution is -2.25. The first-order chi connectivity index (χ1) is 6.40. The first kappa shape index (κ1) is 9.30. The van der Waals surface area contributed by atoms with E-state index in [1.54, 1.807) is 0 Å². The molecule has 3 unspecified atom stereocenters. The molecule has 0 aliphatic heterocycles. The molecule has 0 heteroatoms. The maximum Gasteiger partial charge on any atom is -0.0202 e. The molecule has 0 aromatic carbocycles. The SMILES string of the molecule is CCCC1CCC2CCC=CC2C1. The maximum atomic E-state index is 2.51. The number of fused-ring (bicyclic) bond motifs is 1. The van der Waals surface area contributed by atoms with Gasteiger partial charge < -0.3 is 0 Å². The molecule has 0 aromatic rings. The van der Waals surface area contributed by atoms with E-state index in [1.807, 2.05) is 0 Å². The van der Waals surface area contributed by atoms with Gasteiger partial charge in [0.15, 0.2) is 0 Å². The highest BCUT2D eigenvalue weighted by Crippen LogP contribution is 2.40. The van der Waals surface area contributed by atoms with Crippen LogP contribution in [0, 0.1) is 17.8 Å². The van der Waals surface area contributed by atoms with Crippen molar-refractivity contribution in [1.29, 1.82) is 0 Å². The Morgan fingerprint density at radius 1 is 1.23 bits per heavy atom. The highest BCUT2D eigenvalue weighted by atomic mass is 14.3. The fourth-order valence-corrected chi connectivity index (χ4v) is 3.20. The van der Waals surface area contributed by atoms with E-state index >= 15 is 0 Å². The minimum absolute atomic E-state index is 0.957. The van der Waals surface area contributed by atoms with Crippen molar-refractivity contribution in [3.05, 3.63) is 12.2 Å². The van der Waals surface area contributed by atoms with Crippen molar-refractivity contribution in [3.8, 4) is 0 Å². The molecule has 1 fully saturated rings. The van der Waals surface area contributed by atoms with E-state index in [4.69, 9.17) is 0 Å². The van der Waals surface area contributed by atoms with Crippen LogP contribution in [-0.2, 0) is 0 Å². The van der Waals surface area contributed by atoms with Crippen molar-refractivity contribution in [1.82, 2.24) is 0 Å². The molecule has 1 saturated carbocycles. The highest BCUT2D eigenvalue weighted by Gasteiger charge is 2.29. The Balaban J connectivity index is 1.90. The Bertz CT molecular complexity index is 180. The number of hydrogen-bond acceptors (Lipinski definition) is 0. The van der Waals surface area contributed by atoms with Crippen LogP contribution in [0.5, 0.6) is 0 Å². The van der Waals surface area contributed by atoms with Gasteiger partial charge in [-0.15, -0.1) is 0 Å². The predicted octanol–water partition coefficient (Wildman–Crippen LogP) is 4.17. The summed E-state index contributed by atoms with van der Waals surface area (Å²) in [6.07, 6.45) is 15.1. The predicted molar refractivity (Wildman–Crippen MR) is 57.6 cm³/mol. The summed E-state index contributed by atoms with van der Waals surface area (Å²) in [5.74, 6) is 3.06. The maximum absolute atomic E-state index is 2.51. The minimum atomic E-state index is 0.957. The van der Waals surface area contributed by atoms with Gasteiger partial charge in [-0.3, -0.25) is 0 Å². The van der Waals surface area contributed by atoms with Crippen LogP contribution in [-0.4, -0.2) is 0 Å². The molecule has 0 radical (unpaired) electrons. The number of allylic oxidation sites excluding steroid dienone is 2. The molecule has 2 aliphatic carbocycles. The van der Waals surface area contributed by atoms with Crippen LogP contribution in [0.3, 0.4) is 0 Å². The average molecular weight is 178 g/mol. The van der Waals surface area contributed by atoms with Gasteiger partial charge in [0.1, 0.15) is 0 Å². The fourth-order valence-electron chi connectivity index (χ4n) is 3.20. The zero-order valence-corrected chi connectivity index (χ0v) is 8.84. The van der Waals surface area contributed by atoms with E-state index in [1.165, 1.54) is 44.9 Å². The van der Waals surface area contributed by atoms with E-state index in [0.717, 1.165) is 17.8 Å². The standard InChI is InChI=1S/C13H22/c1-2-5-11-8-9-12-6-3-4-7-13(12)10-11/h4,7,11-13H,2-3,5-6,8-10H2,1H3. The van der Waals surface area contributed by atoms with Crippen molar-refractivity contribution in [3.63, 3.8) is 0 Å². The molecule has 0 saturated heterocycles. The van der Waals surface area contributed by atoms with Gasteiger partial charge in [-0.2, -0.15) is 0 Å². The summed E-state index contributed by atoms with van der Waals surface area (Å²) in [7, 11) is 0. The lowest BCUT2D eigenvalue weighted by Gasteiger charge is -2.36. The molecule has 3 atom stereocenters. The molecule has 13 heavy (non-hydrogen) atoms. The second kappa shape index (κ2) is 4.30. The molecule has 74 valence electrons. The van der Waals surface area contributed by atoms with E-state index in [2.05, 4.69) is 19.1 Å². The van der Waals surface area contributed by atoms with Crippen molar-refractivity contribution >= 4 is 0 Å². The third kappa shape index (κ3) is 2.15. The Hall–Kier alpha value is -0.260. The zero-order chi connectivity index (χ0) is 9.10. The van der Waals surface area contributed by atoms with Crippen LogP contribution in [0.2, 0.25) is 0 Å². The van der Waals surface area contributed by atoms with Crippen LogP contribution >= 0.6 is 0 Å². The zero-order valence-electron chi connectivity index (χ0n) is 8.84. The van der Waals surface area contributed by atoms with Gasteiger partial charge in [0.2, 0.25) is 0 Å². The summed E-state index contributed by atoms with van der Waals surface area (Å²) in [5.41, 5.74) is 0. The van der Waals surface area contributed by atoms with E-state index in [-0.39, 0.29) is 0 Å². The monoisotopic (exact) mass is 178 g/mol. The summed E-state index contributed by atoms with van der Waals surface area (Å²) in [4.78, 5) is 0. The van der Waals surface area contributed by atoms with Gasteiger partial charge in [-0.1, -0.05) is 38.3 Å². The van der Waals surface area contributed by atoms with E-state index < -0.39 is 0 Å². The Morgan fingerprint density at radius 3 is 3.00 bits per heavy atom. The van der Waals surface area contributed by atoms with Gasteiger partial charge in [0.25, 0.3) is 0 Å². The molecular formula is C13H22. The molecule has 0 aromatic heterocycles. The Kier molecular flexibility index (Phi) is 3.08. The first-order valence-corrected chi connectivity index (χ1v) is 6.06. The fraction of sp³-hybridized carbons (Fsp3) is 0.846. The Labute approximate surface area is 82.4 Å². The molecule has 0 nitrogen and oxygen atoms in total. The van der Waals surface area contributed by atoms with Gasteiger partial charge in [0, 0.05) is 0 Å². The largest absolute Gasteiger partial charge is 0.0882 e. The average Bonchev–Trinajstić information content (AvgIpc) is 2.18. The quantitative estimate of drug-likeness (QED) is 0.557. The van der Waals surface area contributed by atoms with Gasteiger partial charge in [0.05, 0.1) is 0 Å². The molecule has 0 amide bonds. The molecular weight excluding hydrogens is 156 g/mol. The lowest BCUT2D eigenvalue weighted by molar-refractivity contribution is 0.191. The molecule has 0 N–H and O–H groups in total. The molecule has 2 rings (SSSR count). The molecule has 2 aliphatic rings. The summed E-state index contributed by atoms with van der Waals surface area (Å²) in [5, 5.41) is 0. The lowest BCUT2D eigenvalue weighted by atomic mass is 9.69. The van der Waals surface area contributed by atoms with Crippen LogP contribution in [0.15, 0.2) is 12.2 Å². The summed E-state index contributed by atoms with van der Waals surface area (Å²) < 4.78 is 0. The van der Waals surface area contributed by atoms with Crippen LogP contribution < -0.4 is 0 Å². The first-order valence-electron chi connectivity index (χ1n) is 6.06. The summed E-state index contributed by atoms with van der Waals surface area (Å²) in [6, 6.07) is 0. The molecule has 0 heterocycles. The second-order valence-electron chi connectivity index (χ2n) is 4.90. The Morgan fingerprint density at radius 2 is 2.15 bits per heavy atom. The van der Waals surface area contributed by atoms with Crippen molar-refractivity contribution in [2.75, 3.05) is 0 Å². The minimum Gasteiger partial charge on any atom is -0.0882 e. The van der Waals surface area contributed by atoms with Crippen molar-refractivity contribution in [2.45, 2.75) is 51.9 Å². The van der Waals surface area contributed by atoms with Crippen LogP contribution in [0.4, 0.5) is 0 Å². The second-order valence-corrected chi connectivity index (χ2v) is 4.90. The summed E-state index contributed by atoms with van der Waals surface area (Å²) >= 11 is 0. The number of rotatable bonds is 2. The topological polar surface area (TPSA) is 0 Å². The van der Waals surface area contributed by atoms with Crippen LogP contribution in [0.25, 0.3) is 0 Å². The highest BCUT2D eigenvalue weighted by molar-refractivity contribution is 4.99. The third-order valence-corrected chi connectivity index (χ3v) is 3.94. The van der Waals surface area contributed by atoms with Gasteiger partial charge >= 0.3 is 0 Å². The smallest absolute Gasteiger partial charge is 0.0202 e. The number of hydrogen-bond donors (Lipinski definition) is 0. The van der Waals surface area contributed by atoms with Crippen molar-refractivity contribution in [2.24, 2.45) is 17.8 Å². The molecule has 0 bridgehead atoms. The van der Waals surface area contributed by atoms with Gasteiger partial charge in [-0.25, -0.2) is 0 Å². The van der Waals surface area contributed by atoms with Crippen LogP contribution in [0.1, 0.15) is 51.9 Å².